The molecule has 4 rings (SSSR count). The second-order valence-electron chi connectivity index (χ2n) is 11.9. The van der Waals surface area contributed by atoms with Gasteiger partial charge in [0.2, 0.25) is 17.7 Å². The lowest BCUT2D eigenvalue weighted by atomic mass is 9.90. The minimum absolute atomic E-state index is 0.370. The van der Waals surface area contributed by atoms with Crippen LogP contribution in [0.25, 0.3) is 0 Å². The van der Waals surface area contributed by atoms with Crippen LogP contribution in [0.15, 0.2) is 21.9 Å². The first-order valence-electron chi connectivity index (χ1n) is 15.1. The maximum Gasteiger partial charge on any atom is 0.330 e. The molecule has 21 nitrogen and oxygen atoms in total. The van der Waals surface area contributed by atoms with Crippen molar-refractivity contribution in [2.45, 2.75) is 105 Å². The number of nitrogens with one attached hydrogen (secondary N) is 4. The zero-order valence-corrected chi connectivity index (χ0v) is 25.6. The molecule has 0 aromatic carbocycles. The molecule has 0 aliphatic carbocycles. The molecule has 3 aliphatic rings. The summed E-state index contributed by atoms with van der Waals surface area (Å²) in [6.45, 7) is -0.335. The lowest BCUT2D eigenvalue weighted by molar-refractivity contribution is -0.221. The van der Waals surface area contributed by atoms with Gasteiger partial charge in [-0.05, 0) is 0 Å². The number of carbonyl (C=O) groups is 3. The fraction of sp³-hybridized carbons (Fsp3) is 0.741. The second-order valence-corrected chi connectivity index (χ2v) is 11.9. The molecule has 1 aromatic heterocycles. The third-order valence-corrected chi connectivity index (χ3v) is 8.45. The number of ether oxygens (including phenoxy) is 3. The van der Waals surface area contributed by atoms with E-state index in [0.717, 1.165) is 23.8 Å². The third kappa shape index (κ3) is 8.44. The van der Waals surface area contributed by atoms with E-state index in [2.05, 4.69) is 16.0 Å². The Labute approximate surface area is 271 Å². The molecule has 0 unspecified atom stereocenters. The smallest absolute Gasteiger partial charge is 0.330 e. The zero-order valence-electron chi connectivity index (χ0n) is 25.6. The molecule has 12 N–H and O–H groups in total. The molecule has 3 saturated heterocycles. The van der Waals surface area contributed by atoms with E-state index in [1.807, 2.05) is 4.98 Å². The molecule has 14 atom stereocenters. The fourth-order valence-electron chi connectivity index (χ4n) is 5.84. The Kier molecular flexibility index (Phi) is 12.4. The highest BCUT2D eigenvalue weighted by Gasteiger charge is 2.47. The molecule has 0 radical (unpaired) electrons. The highest BCUT2D eigenvalue weighted by atomic mass is 16.6. The van der Waals surface area contributed by atoms with Gasteiger partial charge in [-0.3, -0.25) is 28.7 Å². The topological polar surface area (TPSA) is 332 Å². The van der Waals surface area contributed by atoms with Crippen molar-refractivity contribution < 1.29 is 69.4 Å². The minimum Gasteiger partial charge on any atom is -0.394 e. The van der Waals surface area contributed by atoms with Crippen molar-refractivity contribution >= 4 is 17.7 Å². The van der Waals surface area contributed by atoms with Crippen LogP contribution in [-0.2, 0) is 28.6 Å². The first-order chi connectivity index (χ1) is 22.6. The number of hydrogen-bond donors (Lipinski definition) is 12. The molecular weight excluding hydrogens is 650 g/mol. The van der Waals surface area contributed by atoms with Gasteiger partial charge in [0, 0.05) is 32.3 Å². The van der Waals surface area contributed by atoms with Crippen LogP contribution in [-0.4, -0.2) is 167 Å². The highest BCUT2D eigenvalue weighted by Crippen LogP contribution is 2.28. The van der Waals surface area contributed by atoms with Gasteiger partial charge in [-0.25, -0.2) is 4.79 Å². The Balaban J connectivity index is 1.30. The predicted octanol–water partition coefficient (Wildman–Crippen LogP) is -8.00. The molecule has 4 heterocycles. The molecule has 3 fully saturated rings. The standard InChI is InChI=1S/C27H41N5O16/c1-9(34)30-18-10(46-14(8-33)22(41)23(18)42)4-16(36)28-6-12-20(39)24(43)19(38)11(47-12)5-17(37)29-7-13-21(40)25(44)26(48-13)32-3-2-15(35)31-27(32)45/h2-3,10-14,18-26,33,38-44H,4-8H2,1H3,(H,28,36)(H,29,37)(H,30,34)(H,31,35,45)/t10-,11-,12-,13-,14-,18+,19+,20-,21-,22-,23-,24-,25-,26-/m1/s1. The Morgan fingerprint density at radius 1 is 0.729 bits per heavy atom. The lowest BCUT2D eigenvalue weighted by Crippen LogP contribution is -2.64. The van der Waals surface area contributed by atoms with E-state index in [0.29, 0.717) is 0 Å². The molecule has 21 heteroatoms. The maximum atomic E-state index is 12.8. The number of nitrogens with zero attached hydrogens (tertiary/aromatic N) is 1. The number of rotatable bonds is 11. The molecule has 3 aliphatic heterocycles. The number of aromatic amines is 1. The van der Waals surface area contributed by atoms with Crippen molar-refractivity contribution in [3.63, 3.8) is 0 Å². The fourth-order valence-corrected chi connectivity index (χ4v) is 5.84. The van der Waals surface area contributed by atoms with Crippen LogP contribution in [0, 0.1) is 0 Å². The molecular formula is C27H41N5O16. The van der Waals surface area contributed by atoms with Crippen molar-refractivity contribution in [2.24, 2.45) is 0 Å². The number of aromatic nitrogens is 2. The quantitative estimate of drug-likeness (QED) is 0.102. The molecule has 0 saturated carbocycles. The molecule has 270 valence electrons. The van der Waals surface area contributed by atoms with Crippen molar-refractivity contribution in [2.75, 3.05) is 19.7 Å². The largest absolute Gasteiger partial charge is 0.394 e. The molecule has 0 bridgehead atoms. The van der Waals surface area contributed by atoms with Crippen LogP contribution in [0.2, 0.25) is 0 Å². The van der Waals surface area contributed by atoms with Gasteiger partial charge in [-0.2, -0.15) is 0 Å². The number of aliphatic hydroxyl groups excluding tert-OH is 8. The summed E-state index contributed by atoms with van der Waals surface area (Å²) < 4.78 is 17.5. The SMILES string of the molecule is CC(=O)N[C@@H]1[C@@H](O)[C@H](O)[C@@H](CO)O[C@@H]1CC(=O)NC[C@H]1O[C@H](CC(=O)NC[C@H]2O[C@@H](n3ccc(=O)[nH]c3=O)[C@H](O)[C@@H]2O)[C@H](O)[C@@H](O)[C@@H]1O. The van der Waals surface area contributed by atoms with Crippen molar-refractivity contribution in [3.05, 3.63) is 33.1 Å². The van der Waals surface area contributed by atoms with Crippen LogP contribution in [0.5, 0.6) is 0 Å². The number of H-pyrrole nitrogens is 1. The summed E-state index contributed by atoms with van der Waals surface area (Å²) in [6.07, 6.45) is -19.2. The Morgan fingerprint density at radius 3 is 1.83 bits per heavy atom. The second kappa shape index (κ2) is 15.9. The Bertz CT molecular complexity index is 1410. The number of hydrogen-bond acceptors (Lipinski definition) is 16. The predicted molar refractivity (Wildman–Crippen MR) is 155 cm³/mol. The molecule has 3 amide bonds. The van der Waals surface area contributed by atoms with E-state index in [4.69, 9.17) is 14.2 Å². The van der Waals surface area contributed by atoms with E-state index in [-0.39, 0.29) is 6.54 Å². The van der Waals surface area contributed by atoms with E-state index in [1.165, 1.54) is 0 Å². The van der Waals surface area contributed by atoms with E-state index in [1.54, 1.807) is 0 Å². The van der Waals surface area contributed by atoms with E-state index < -0.39 is 140 Å². The summed E-state index contributed by atoms with van der Waals surface area (Å²) in [4.78, 5) is 62.5. The summed E-state index contributed by atoms with van der Waals surface area (Å²) in [5, 5.41) is 89.4. The highest BCUT2D eigenvalue weighted by molar-refractivity contribution is 5.77. The number of amides is 3. The number of carbonyl (C=O) groups excluding carboxylic acids is 3. The van der Waals surface area contributed by atoms with E-state index >= 15 is 0 Å². The van der Waals surface area contributed by atoms with Gasteiger partial charge in [-0.15, -0.1) is 0 Å². The Morgan fingerprint density at radius 2 is 1.25 bits per heavy atom. The zero-order chi connectivity index (χ0) is 35.4. The van der Waals surface area contributed by atoms with Gasteiger partial charge < -0.3 is 71.0 Å². The first-order valence-corrected chi connectivity index (χ1v) is 15.1. The summed E-state index contributed by atoms with van der Waals surface area (Å²) >= 11 is 0. The first kappa shape index (κ1) is 37.5. The monoisotopic (exact) mass is 691 g/mol. The van der Waals surface area contributed by atoms with Gasteiger partial charge >= 0.3 is 5.69 Å². The normalized spacial score (nSPS) is 38.3. The van der Waals surface area contributed by atoms with Crippen LogP contribution < -0.4 is 27.2 Å². The van der Waals surface area contributed by atoms with Crippen LogP contribution >= 0.6 is 0 Å². The third-order valence-electron chi connectivity index (χ3n) is 8.45. The Hall–Kier alpha value is -3.35. The lowest BCUT2D eigenvalue weighted by Gasteiger charge is -2.42. The summed E-state index contributed by atoms with van der Waals surface area (Å²) in [7, 11) is 0. The summed E-state index contributed by atoms with van der Waals surface area (Å²) in [5.41, 5.74) is -1.59. The number of aliphatic hydroxyl groups is 8. The van der Waals surface area contributed by atoms with Gasteiger partial charge in [-0.1, -0.05) is 0 Å². The molecule has 1 aromatic rings. The average molecular weight is 692 g/mol. The molecule has 0 spiro atoms. The summed E-state index contributed by atoms with van der Waals surface area (Å²) in [6, 6.07) is -0.197. The van der Waals surface area contributed by atoms with Gasteiger partial charge in [0.05, 0.1) is 37.7 Å². The van der Waals surface area contributed by atoms with Gasteiger partial charge in [0.1, 0.15) is 61.0 Å². The van der Waals surface area contributed by atoms with Crippen LogP contribution in [0.4, 0.5) is 0 Å². The van der Waals surface area contributed by atoms with Crippen molar-refractivity contribution in [3.8, 4) is 0 Å². The minimum atomic E-state index is -1.79. The van der Waals surface area contributed by atoms with Crippen LogP contribution in [0.1, 0.15) is 26.0 Å². The van der Waals surface area contributed by atoms with Gasteiger partial charge in [0.15, 0.2) is 6.23 Å². The van der Waals surface area contributed by atoms with Crippen molar-refractivity contribution in [1.29, 1.82) is 0 Å². The molecule has 48 heavy (non-hydrogen) atoms. The van der Waals surface area contributed by atoms with Crippen molar-refractivity contribution in [1.82, 2.24) is 25.5 Å². The maximum absolute atomic E-state index is 12.8. The summed E-state index contributed by atoms with van der Waals surface area (Å²) in [5.74, 6) is -2.08. The average Bonchev–Trinajstić information content (AvgIpc) is 3.31. The van der Waals surface area contributed by atoms with Crippen LogP contribution in [0.3, 0.4) is 0 Å². The van der Waals surface area contributed by atoms with E-state index in [9.17, 15) is 64.8 Å². The van der Waals surface area contributed by atoms with Gasteiger partial charge in [0.25, 0.3) is 5.56 Å².